The molecule has 0 saturated heterocycles. The maximum atomic E-state index is 14.1. The summed E-state index contributed by atoms with van der Waals surface area (Å²) in [5.41, 5.74) is 2.92. The molecule has 0 aliphatic heterocycles. The summed E-state index contributed by atoms with van der Waals surface area (Å²) < 4.78 is 29.0. The van der Waals surface area contributed by atoms with Crippen LogP contribution in [0.2, 0.25) is 5.02 Å². The quantitative estimate of drug-likeness (QED) is 0.311. The molecule has 1 atom stereocenters. The van der Waals surface area contributed by atoms with Crippen LogP contribution in [0.3, 0.4) is 0 Å². The molecule has 0 bridgehead atoms. The fourth-order valence-electron chi connectivity index (χ4n) is 5.28. The highest BCUT2D eigenvalue weighted by atomic mass is 35.5. The van der Waals surface area contributed by atoms with Crippen molar-refractivity contribution in [3.8, 4) is 0 Å². The van der Waals surface area contributed by atoms with E-state index in [1.54, 1.807) is 61.5 Å². The van der Waals surface area contributed by atoms with E-state index in [1.165, 1.54) is 17.0 Å². The molecule has 0 radical (unpaired) electrons. The van der Waals surface area contributed by atoms with Crippen LogP contribution in [-0.2, 0) is 26.2 Å². The third kappa shape index (κ3) is 7.89. The molecule has 7 nitrogen and oxygen atoms in total. The molecule has 0 heterocycles. The molecule has 218 valence electrons. The van der Waals surface area contributed by atoms with E-state index in [1.807, 2.05) is 19.9 Å². The Kier molecular flexibility index (Phi) is 10.1. The molecule has 2 amide bonds. The van der Waals surface area contributed by atoms with E-state index in [0.29, 0.717) is 10.7 Å². The molecule has 1 N–H and O–H groups in total. The summed E-state index contributed by atoms with van der Waals surface area (Å²) >= 11 is 6.08. The van der Waals surface area contributed by atoms with E-state index >= 15 is 0 Å². The van der Waals surface area contributed by atoms with Crippen LogP contribution in [0.4, 0.5) is 5.69 Å². The molecule has 0 aromatic heterocycles. The van der Waals surface area contributed by atoms with Gasteiger partial charge in [-0.25, -0.2) is 8.42 Å². The zero-order chi connectivity index (χ0) is 29.6. The minimum Gasteiger partial charge on any atom is -0.352 e. The van der Waals surface area contributed by atoms with Gasteiger partial charge in [-0.05, 0) is 86.7 Å². The summed E-state index contributed by atoms with van der Waals surface area (Å²) in [4.78, 5) is 29.0. The molecule has 9 heteroatoms. The summed E-state index contributed by atoms with van der Waals surface area (Å²) in [7, 11) is -4.10. The molecular weight excluding hydrogens is 558 g/mol. The molecule has 1 aliphatic rings. The van der Waals surface area contributed by atoms with Gasteiger partial charge in [-0.3, -0.25) is 13.9 Å². The fourth-order valence-corrected chi connectivity index (χ4v) is 6.83. The molecule has 3 aromatic carbocycles. The topological polar surface area (TPSA) is 86.8 Å². The molecule has 41 heavy (non-hydrogen) atoms. The largest absolute Gasteiger partial charge is 0.352 e. The van der Waals surface area contributed by atoms with Gasteiger partial charge in [0.05, 0.1) is 10.6 Å². The van der Waals surface area contributed by atoms with Crippen LogP contribution in [0.5, 0.6) is 0 Å². The standard InChI is InChI=1S/C32H38ClN3O4S/c1-23-18-24(2)20-29(19-23)36(41(39,40)30-12-8-5-9-13-30)22-31(37)35(21-26-14-16-27(33)17-15-26)25(3)32(38)34-28-10-6-4-7-11-28/h5,8-9,12-20,25,28H,4,6-7,10-11,21-22H2,1-3H3,(H,34,38). The summed E-state index contributed by atoms with van der Waals surface area (Å²) in [6, 6.07) is 19.9. The molecule has 3 aromatic rings. The highest BCUT2D eigenvalue weighted by Gasteiger charge is 2.33. The first kappa shape index (κ1) is 30.6. The number of nitrogens with one attached hydrogen (secondary N) is 1. The number of benzene rings is 3. The van der Waals surface area contributed by atoms with Gasteiger partial charge in [0.25, 0.3) is 10.0 Å². The number of sulfonamides is 1. The van der Waals surface area contributed by atoms with Gasteiger partial charge in [-0.2, -0.15) is 0 Å². The molecule has 1 saturated carbocycles. The van der Waals surface area contributed by atoms with Crippen molar-refractivity contribution in [1.82, 2.24) is 10.2 Å². The molecule has 1 aliphatic carbocycles. The Morgan fingerprint density at radius 2 is 1.54 bits per heavy atom. The first-order chi connectivity index (χ1) is 19.5. The van der Waals surface area contributed by atoms with Crippen LogP contribution in [0.15, 0.2) is 77.7 Å². The van der Waals surface area contributed by atoms with E-state index < -0.39 is 28.5 Å². The zero-order valence-corrected chi connectivity index (χ0v) is 25.4. The summed E-state index contributed by atoms with van der Waals surface area (Å²) in [5.74, 6) is -0.729. The van der Waals surface area contributed by atoms with Crippen molar-refractivity contribution in [3.63, 3.8) is 0 Å². The number of hydrogen-bond acceptors (Lipinski definition) is 4. The van der Waals surface area contributed by atoms with Crippen LogP contribution in [0, 0.1) is 13.8 Å². The van der Waals surface area contributed by atoms with E-state index in [0.717, 1.165) is 53.1 Å². The number of aryl methyl sites for hydroxylation is 2. The van der Waals surface area contributed by atoms with E-state index in [-0.39, 0.29) is 23.4 Å². The van der Waals surface area contributed by atoms with Crippen molar-refractivity contribution in [2.24, 2.45) is 0 Å². The Labute approximate surface area is 248 Å². The zero-order valence-electron chi connectivity index (χ0n) is 23.8. The van der Waals surface area contributed by atoms with Gasteiger partial charge in [0.1, 0.15) is 12.6 Å². The predicted molar refractivity (Wildman–Crippen MR) is 163 cm³/mol. The summed E-state index contributed by atoms with van der Waals surface area (Å²) in [6.07, 6.45) is 5.12. The molecule has 0 spiro atoms. The normalized spacial score (nSPS) is 14.7. The molecule has 1 unspecified atom stereocenters. The maximum absolute atomic E-state index is 14.1. The maximum Gasteiger partial charge on any atom is 0.264 e. The van der Waals surface area contributed by atoms with Crippen LogP contribution in [0.1, 0.15) is 55.7 Å². The lowest BCUT2D eigenvalue weighted by Crippen LogP contribution is -2.53. The number of amides is 2. The lowest BCUT2D eigenvalue weighted by molar-refractivity contribution is -0.139. The number of rotatable bonds is 10. The number of anilines is 1. The first-order valence-electron chi connectivity index (χ1n) is 14.0. The summed E-state index contributed by atoms with van der Waals surface area (Å²) in [5, 5.41) is 3.68. The second-order valence-electron chi connectivity index (χ2n) is 10.8. The van der Waals surface area contributed by atoms with Gasteiger partial charge in [0, 0.05) is 17.6 Å². The molecular formula is C32H38ClN3O4S. The average molecular weight is 596 g/mol. The van der Waals surface area contributed by atoms with Gasteiger partial charge in [0.2, 0.25) is 11.8 Å². The van der Waals surface area contributed by atoms with Crippen molar-refractivity contribution in [2.45, 2.75) is 76.4 Å². The molecule has 4 rings (SSSR count). The highest BCUT2D eigenvalue weighted by Crippen LogP contribution is 2.27. The van der Waals surface area contributed by atoms with Gasteiger partial charge in [0.15, 0.2) is 0 Å². The van der Waals surface area contributed by atoms with Crippen LogP contribution in [0.25, 0.3) is 0 Å². The lowest BCUT2D eigenvalue weighted by Gasteiger charge is -2.33. The first-order valence-corrected chi connectivity index (χ1v) is 15.9. The van der Waals surface area contributed by atoms with Gasteiger partial charge >= 0.3 is 0 Å². The minimum absolute atomic E-state index is 0.0800. The van der Waals surface area contributed by atoms with Crippen molar-refractivity contribution < 1.29 is 18.0 Å². The second-order valence-corrected chi connectivity index (χ2v) is 13.1. The van der Waals surface area contributed by atoms with Crippen molar-refractivity contribution in [3.05, 3.63) is 94.5 Å². The number of nitrogens with zero attached hydrogens (tertiary/aromatic N) is 2. The SMILES string of the molecule is Cc1cc(C)cc(N(CC(=O)N(Cc2ccc(Cl)cc2)C(C)C(=O)NC2CCCCC2)S(=O)(=O)c2ccccc2)c1. The minimum atomic E-state index is -4.10. The number of carbonyl (C=O) groups excluding carboxylic acids is 2. The van der Waals surface area contributed by atoms with Gasteiger partial charge in [-0.15, -0.1) is 0 Å². The lowest BCUT2D eigenvalue weighted by atomic mass is 9.95. The third-order valence-corrected chi connectivity index (χ3v) is 9.53. The number of halogens is 1. The van der Waals surface area contributed by atoms with Gasteiger partial charge in [-0.1, -0.05) is 67.3 Å². The number of carbonyl (C=O) groups is 2. The number of hydrogen-bond donors (Lipinski definition) is 1. The Morgan fingerprint density at radius 1 is 0.927 bits per heavy atom. The predicted octanol–water partition coefficient (Wildman–Crippen LogP) is 6.02. The van der Waals surface area contributed by atoms with E-state index in [2.05, 4.69) is 5.32 Å². The Balaban J connectivity index is 1.68. The Morgan fingerprint density at radius 3 is 2.15 bits per heavy atom. The Hall–Kier alpha value is -3.36. The average Bonchev–Trinajstić information content (AvgIpc) is 2.95. The van der Waals surface area contributed by atoms with Crippen molar-refractivity contribution >= 4 is 39.1 Å². The van der Waals surface area contributed by atoms with Crippen LogP contribution < -0.4 is 9.62 Å². The Bertz CT molecular complexity index is 1440. The fraction of sp³-hybridized carbons (Fsp3) is 0.375. The second kappa shape index (κ2) is 13.5. The highest BCUT2D eigenvalue weighted by molar-refractivity contribution is 7.92. The van der Waals surface area contributed by atoms with Crippen LogP contribution >= 0.6 is 11.6 Å². The van der Waals surface area contributed by atoms with E-state index in [4.69, 9.17) is 11.6 Å². The monoisotopic (exact) mass is 595 g/mol. The summed E-state index contributed by atoms with van der Waals surface area (Å²) in [6.45, 7) is 5.13. The van der Waals surface area contributed by atoms with Crippen molar-refractivity contribution in [2.75, 3.05) is 10.8 Å². The molecule has 1 fully saturated rings. The third-order valence-electron chi connectivity index (χ3n) is 7.49. The smallest absolute Gasteiger partial charge is 0.264 e. The van der Waals surface area contributed by atoms with Crippen molar-refractivity contribution in [1.29, 1.82) is 0 Å². The van der Waals surface area contributed by atoms with E-state index in [9.17, 15) is 18.0 Å². The van der Waals surface area contributed by atoms with Gasteiger partial charge < -0.3 is 10.2 Å². The van der Waals surface area contributed by atoms with Crippen LogP contribution in [-0.4, -0.2) is 43.8 Å².